The van der Waals surface area contributed by atoms with E-state index < -0.39 is 0 Å². The van der Waals surface area contributed by atoms with Gasteiger partial charge in [0.15, 0.2) is 11.6 Å². The molecule has 4 aromatic rings. The highest BCUT2D eigenvalue weighted by Gasteiger charge is 2.34. The zero-order valence-electron chi connectivity index (χ0n) is 16.1. The summed E-state index contributed by atoms with van der Waals surface area (Å²) >= 11 is 0. The van der Waals surface area contributed by atoms with Crippen LogP contribution in [0, 0.1) is 6.92 Å². The first-order valence-electron chi connectivity index (χ1n) is 9.76. The number of ketones is 1. The molecule has 5 rings (SSSR count). The molecular formula is C24H21N3O2. The van der Waals surface area contributed by atoms with Crippen LogP contribution in [0.4, 0.5) is 11.5 Å². The molecule has 0 fully saturated rings. The Balaban J connectivity index is 1.60. The Morgan fingerprint density at radius 3 is 2.52 bits per heavy atom. The number of hydrogen-bond acceptors (Lipinski definition) is 4. The smallest absolute Gasteiger partial charge is 0.169 e. The third-order valence-electron chi connectivity index (χ3n) is 5.39. The van der Waals surface area contributed by atoms with Gasteiger partial charge < -0.3 is 9.73 Å². The number of aromatic nitrogens is 2. The van der Waals surface area contributed by atoms with Crippen LogP contribution < -0.4 is 5.32 Å². The third kappa shape index (κ3) is 3.25. The fourth-order valence-corrected chi connectivity index (χ4v) is 3.93. The summed E-state index contributed by atoms with van der Waals surface area (Å²) in [4.78, 5) is 13.2. The molecule has 1 N–H and O–H groups in total. The SMILES string of the molecule is Cc1ccc(Nc2nn(-c3ccccc3)c3c2C(=O)C[C@@H](c2ccco2)C3)cc1. The van der Waals surface area contributed by atoms with Gasteiger partial charge in [-0.15, -0.1) is 5.10 Å². The van der Waals surface area contributed by atoms with Gasteiger partial charge in [0.05, 0.1) is 23.2 Å². The molecular weight excluding hydrogens is 362 g/mol. The lowest BCUT2D eigenvalue weighted by Gasteiger charge is -2.21. The lowest BCUT2D eigenvalue weighted by molar-refractivity contribution is 0.0960. The maximum Gasteiger partial charge on any atom is 0.169 e. The van der Waals surface area contributed by atoms with Crippen molar-refractivity contribution >= 4 is 17.3 Å². The van der Waals surface area contributed by atoms with E-state index in [9.17, 15) is 4.79 Å². The molecule has 29 heavy (non-hydrogen) atoms. The van der Waals surface area contributed by atoms with E-state index in [2.05, 4.69) is 5.32 Å². The normalized spacial score (nSPS) is 15.9. The molecule has 2 aromatic carbocycles. The summed E-state index contributed by atoms with van der Waals surface area (Å²) in [7, 11) is 0. The van der Waals surface area contributed by atoms with Crippen molar-refractivity contribution in [2.24, 2.45) is 0 Å². The number of carbonyl (C=O) groups excluding carboxylic acids is 1. The molecule has 2 aromatic heterocycles. The van der Waals surface area contributed by atoms with E-state index in [1.54, 1.807) is 6.26 Å². The molecule has 0 saturated heterocycles. The van der Waals surface area contributed by atoms with Crippen LogP contribution in [0.3, 0.4) is 0 Å². The highest BCUT2D eigenvalue weighted by atomic mass is 16.3. The van der Waals surface area contributed by atoms with Gasteiger partial charge in [-0.2, -0.15) is 0 Å². The monoisotopic (exact) mass is 383 g/mol. The molecule has 5 nitrogen and oxygen atoms in total. The fourth-order valence-electron chi connectivity index (χ4n) is 3.93. The molecule has 1 atom stereocenters. The first-order valence-corrected chi connectivity index (χ1v) is 9.76. The second-order valence-electron chi connectivity index (χ2n) is 7.45. The van der Waals surface area contributed by atoms with Crippen LogP contribution in [0.5, 0.6) is 0 Å². The number of para-hydroxylation sites is 1. The van der Waals surface area contributed by atoms with Crippen LogP contribution in [0.2, 0.25) is 0 Å². The number of hydrogen-bond donors (Lipinski definition) is 1. The molecule has 0 amide bonds. The van der Waals surface area contributed by atoms with Crippen molar-refractivity contribution in [3.63, 3.8) is 0 Å². The van der Waals surface area contributed by atoms with Gasteiger partial charge >= 0.3 is 0 Å². The molecule has 2 heterocycles. The average molecular weight is 383 g/mol. The maximum absolute atomic E-state index is 13.2. The second-order valence-corrected chi connectivity index (χ2v) is 7.45. The van der Waals surface area contributed by atoms with Crippen molar-refractivity contribution in [1.82, 2.24) is 9.78 Å². The fraction of sp³-hybridized carbons (Fsp3) is 0.167. The molecule has 0 spiro atoms. The summed E-state index contributed by atoms with van der Waals surface area (Å²) in [6.07, 6.45) is 2.78. The number of anilines is 2. The number of Topliss-reactive ketones (excluding diaryl/α,β-unsaturated/α-hetero) is 1. The van der Waals surface area contributed by atoms with Crippen LogP contribution in [-0.4, -0.2) is 15.6 Å². The minimum atomic E-state index is 0.0244. The first-order chi connectivity index (χ1) is 14.2. The molecule has 1 aliphatic carbocycles. The predicted molar refractivity (Wildman–Crippen MR) is 112 cm³/mol. The Bertz CT molecular complexity index is 1140. The lowest BCUT2D eigenvalue weighted by atomic mass is 9.85. The van der Waals surface area contributed by atoms with E-state index in [-0.39, 0.29) is 11.7 Å². The molecule has 0 radical (unpaired) electrons. The Kier molecular flexibility index (Phi) is 4.28. The maximum atomic E-state index is 13.2. The Morgan fingerprint density at radius 2 is 1.79 bits per heavy atom. The van der Waals surface area contributed by atoms with Gasteiger partial charge in [0.25, 0.3) is 0 Å². The number of aryl methyl sites for hydroxylation is 1. The number of carbonyl (C=O) groups is 1. The predicted octanol–water partition coefficient (Wildman–Crippen LogP) is 5.43. The van der Waals surface area contributed by atoms with E-state index >= 15 is 0 Å². The Morgan fingerprint density at radius 1 is 1.00 bits per heavy atom. The standard InChI is InChI=1S/C24H21N3O2/c1-16-9-11-18(12-10-16)25-24-23-20(27(26-24)19-6-3-2-4-7-19)14-17(15-21(23)28)22-8-5-13-29-22/h2-13,17H,14-15H2,1H3,(H,25,26)/t17-/m0/s1. The quantitative estimate of drug-likeness (QED) is 0.510. The van der Waals surface area contributed by atoms with E-state index in [4.69, 9.17) is 9.52 Å². The van der Waals surface area contributed by atoms with Gasteiger partial charge in [0.2, 0.25) is 0 Å². The van der Waals surface area contributed by atoms with Crippen LogP contribution in [0.25, 0.3) is 5.69 Å². The average Bonchev–Trinajstić information content (AvgIpc) is 3.39. The van der Waals surface area contributed by atoms with E-state index in [1.807, 2.05) is 78.3 Å². The summed E-state index contributed by atoms with van der Waals surface area (Å²) in [5.41, 5.74) is 4.64. The van der Waals surface area contributed by atoms with Crippen LogP contribution >= 0.6 is 0 Å². The number of rotatable bonds is 4. The third-order valence-corrected chi connectivity index (χ3v) is 5.39. The van der Waals surface area contributed by atoms with Gasteiger partial charge in [0, 0.05) is 24.4 Å². The van der Waals surface area contributed by atoms with Crippen molar-refractivity contribution in [2.75, 3.05) is 5.32 Å². The molecule has 0 saturated carbocycles. The van der Waals surface area contributed by atoms with Crippen LogP contribution in [0.15, 0.2) is 77.4 Å². The van der Waals surface area contributed by atoms with Gasteiger partial charge in [-0.25, -0.2) is 4.68 Å². The summed E-state index contributed by atoms with van der Waals surface area (Å²) in [6, 6.07) is 21.8. The number of nitrogens with zero attached hydrogens (tertiary/aromatic N) is 2. The summed E-state index contributed by atoms with van der Waals surface area (Å²) in [6.45, 7) is 2.05. The van der Waals surface area contributed by atoms with E-state index in [1.165, 1.54) is 5.56 Å². The zero-order chi connectivity index (χ0) is 19.8. The number of furan rings is 1. The topological polar surface area (TPSA) is 60.1 Å². The largest absolute Gasteiger partial charge is 0.469 e. The zero-order valence-corrected chi connectivity index (χ0v) is 16.1. The summed E-state index contributed by atoms with van der Waals surface area (Å²) in [5.74, 6) is 1.56. The number of fused-ring (bicyclic) bond motifs is 1. The van der Waals surface area contributed by atoms with Gasteiger partial charge in [-0.3, -0.25) is 4.79 Å². The number of nitrogens with one attached hydrogen (secondary N) is 1. The molecule has 0 unspecified atom stereocenters. The molecule has 144 valence electrons. The van der Waals surface area contributed by atoms with Gasteiger partial charge in [-0.05, 0) is 43.3 Å². The lowest BCUT2D eigenvalue weighted by Crippen LogP contribution is -2.20. The van der Waals surface area contributed by atoms with Crippen molar-refractivity contribution in [3.8, 4) is 5.69 Å². The minimum Gasteiger partial charge on any atom is -0.469 e. The highest BCUT2D eigenvalue weighted by molar-refractivity contribution is 6.03. The number of benzene rings is 2. The van der Waals surface area contributed by atoms with Crippen LogP contribution in [-0.2, 0) is 6.42 Å². The molecule has 0 bridgehead atoms. The minimum absolute atomic E-state index is 0.0244. The van der Waals surface area contributed by atoms with Gasteiger partial charge in [-0.1, -0.05) is 35.9 Å². The Labute approximate surface area is 169 Å². The Hall–Kier alpha value is -3.60. The van der Waals surface area contributed by atoms with Crippen LogP contribution in [0.1, 0.15) is 39.7 Å². The molecule has 5 heteroatoms. The van der Waals surface area contributed by atoms with E-state index in [0.717, 1.165) is 22.8 Å². The van der Waals surface area contributed by atoms with E-state index in [0.29, 0.717) is 24.2 Å². The van der Waals surface area contributed by atoms with Crippen molar-refractivity contribution in [2.45, 2.75) is 25.7 Å². The summed E-state index contributed by atoms with van der Waals surface area (Å²) in [5, 5.41) is 8.15. The molecule has 0 aliphatic heterocycles. The highest BCUT2D eigenvalue weighted by Crippen LogP contribution is 2.38. The van der Waals surface area contributed by atoms with Crippen molar-refractivity contribution in [1.29, 1.82) is 0 Å². The first kappa shape index (κ1) is 17.5. The second kappa shape index (κ2) is 7.09. The van der Waals surface area contributed by atoms with Crippen molar-refractivity contribution < 1.29 is 9.21 Å². The van der Waals surface area contributed by atoms with Crippen molar-refractivity contribution in [3.05, 3.63) is 95.6 Å². The summed E-state index contributed by atoms with van der Waals surface area (Å²) < 4.78 is 7.49. The molecule has 1 aliphatic rings. The van der Waals surface area contributed by atoms with Gasteiger partial charge in [0.1, 0.15) is 5.76 Å².